The fourth-order valence-corrected chi connectivity index (χ4v) is 4.57. The van der Waals surface area contributed by atoms with Crippen molar-refractivity contribution >= 4 is 23.6 Å². The molecule has 6 heteroatoms. The Morgan fingerprint density at radius 2 is 2.25 bits per heavy atom. The molecule has 0 spiro atoms. The number of hydrogen-bond acceptors (Lipinski definition) is 4. The largest absolute Gasteiger partial charge is 0.479 e. The van der Waals surface area contributed by atoms with Gasteiger partial charge in [0.25, 0.3) is 5.91 Å². The standard InChI is InChI=1S/C22H22ClN3O2/c23-14-9-13-10-20(22(27)26-15-3-2-7-24-12-15)28-21(13)18(11-14)16-6-8-25-19-5-1-4-17(16)19/h1,4,6,8-9,11,15,20,24H,2-3,5,7,10,12H2,(H,26,27)/t15-,20?/m1/s1. The molecular formula is C22H22ClN3O2. The lowest BCUT2D eigenvalue weighted by atomic mass is 9.97. The summed E-state index contributed by atoms with van der Waals surface area (Å²) in [6.45, 7) is 1.84. The van der Waals surface area contributed by atoms with Crippen molar-refractivity contribution in [2.75, 3.05) is 13.1 Å². The lowest BCUT2D eigenvalue weighted by Crippen LogP contribution is -2.49. The second-order valence-electron chi connectivity index (χ2n) is 7.63. The van der Waals surface area contributed by atoms with Gasteiger partial charge in [-0.3, -0.25) is 9.78 Å². The first-order chi connectivity index (χ1) is 13.7. The lowest BCUT2D eigenvalue weighted by molar-refractivity contribution is -0.128. The minimum absolute atomic E-state index is 0.0492. The SMILES string of the molecule is O=C(N[C@@H]1CCCNC1)C1Cc2cc(Cl)cc(-c3ccnc4c3C=CC4)c2O1. The second kappa shape index (κ2) is 7.22. The van der Waals surface area contributed by atoms with E-state index in [0.717, 1.165) is 66.0 Å². The number of amides is 1. The maximum absolute atomic E-state index is 12.8. The van der Waals surface area contributed by atoms with Gasteiger partial charge in [-0.05, 0) is 43.1 Å². The van der Waals surface area contributed by atoms with Crippen molar-refractivity contribution in [1.82, 2.24) is 15.6 Å². The molecular weight excluding hydrogens is 374 g/mol. The minimum Gasteiger partial charge on any atom is -0.479 e. The summed E-state index contributed by atoms with van der Waals surface area (Å²) in [6, 6.07) is 6.00. The Labute approximate surface area is 169 Å². The molecule has 1 unspecified atom stereocenters. The quantitative estimate of drug-likeness (QED) is 0.838. The molecule has 28 heavy (non-hydrogen) atoms. The molecule has 0 bridgehead atoms. The minimum atomic E-state index is -0.514. The number of halogens is 1. The van der Waals surface area contributed by atoms with Crippen molar-refractivity contribution in [3.05, 3.63) is 52.3 Å². The summed E-state index contributed by atoms with van der Waals surface area (Å²) in [6.07, 6.45) is 8.98. The number of carbonyl (C=O) groups is 1. The van der Waals surface area contributed by atoms with Gasteiger partial charge in [0.05, 0.1) is 5.69 Å². The van der Waals surface area contributed by atoms with Gasteiger partial charge in [-0.25, -0.2) is 0 Å². The molecule has 2 N–H and O–H groups in total. The van der Waals surface area contributed by atoms with Gasteiger partial charge in [-0.15, -0.1) is 0 Å². The van der Waals surface area contributed by atoms with Crippen LogP contribution in [0, 0.1) is 0 Å². The number of nitrogens with one attached hydrogen (secondary N) is 2. The van der Waals surface area contributed by atoms with E-state index in [0.29, 0.717) is 11.4 Å². The third-order valence-electron chi connectivity index (χ3n) is 5.69. The first kappa shape index (κ1) is 17.7. The summed E-state index contributed by atoms with van der Waals surface area (Å²) in [5.41, 5.74) is 5.13. The van der Waals surface area contributed by atoms with E-state index >= 15 is 0 Å². The highest BCUT2D eigenvalue weighted by atomic mass is 35.5. The molecule has 5 nitrogen and oxygen atoms in total. The molecule has 3 heterocycles. The first-order valence-corrected chi connectivity index (χ1v) is 10.2. The van der Waals surface area contributed by atoms with Crippen LogP contribution in [0.2, 0.25) is 5.02 Å². The summed E-state index contributed by atoms with van der Waals surface area (Å²) in [5.74, 6) is 0.715. The summed E-state index contributed by atoms with van der Waals surface area (Å²) in [5, 5.41) is 7.11. The predicted octanol–water partition coefficient (Wildman–Crippen LogP) is 3.14. The average Bonchev–Trinajstić information content (AvgIpc) is 3.34. The second-order valence-corrected chi connectivity index (χ2v) is 8.07. The van der Waals surface area contributed by atoms with E-state index in [2.05, 4.69) is 27.8 Å². The van der Waals surface area contributed by atoms with E-state index in [1.165, 1.54) is 0 Å². The van der Waals surface area contributed by atoms with E-state index in [1.807, 2.05) is 24.4 Å². The first-order valence-electron chi connectivity index (χ1n) is 9.84. The Morgan fingerprint density at radius 1 is 1.32 bits per heavy atom. The van der Waals surface area contributed by atoms with Crippen LogP contribution in [0.5, 0.6) is 5.75 Å². The van der Waals surface area contributed by atoms with E-state index < -0.39 is 6.10 Å². The average molecular weight is 396 g/mol. The molecule has 1 aromatic carbocycles. The van der Waals surface area contributed by atoms with Crippen molar-refractivity contribution in [3.8, 4) is 16.9 Å². The molecule has 0 saturated carbocycles. The van der Waals surface area contributed by atoms with Crippen molar-refractivity contribution in [3.63, 3.8) is 0 Å². The Morgan fingerprint density at radius 3 is 3.11 bits per heavy atom. The summed E-state index contributed by atoms with van der Waals surface area (Å²) in [7, 11) is 0. The number of pyridine rings is 1. The van der Waals surface area contributed by atoms with Gasteiger partial charge >= 0.3 is 0 Å². The highest BCUT2D eigenvalue weighted by Gasteiger charge is 2.33. The van der Waals surface area contributed by atoms with Crippen molar-refractivity contribution < 1.29 is 9.53 Å². The highest BCUT2D eigenvalue weighted by molar-refractivity contribution is 6.31. The molecule has 1 aromatic heterocycles. The van der Waals surface area contributed by atoms with Crippen LogP contribution in [0.4, 0.5) is 0 Å². The zero-order valence-electron chi connectivity index (χ0n) is 15.5. The predicted molar refractivity (Wildman–Crippen MR) is 110 cm³/mol. The Bertz CT molecular complexity index is 966. The zero-order valence-corrected chi connectivity index (χ0v) is 16.3. The molecule has 5 rings (SSSR count). The summed E-state index contributed by atoms with van der Waals surface area (Å²) < 4.78 is 6.18. The zero-order chi connectivity index (χ0) is 19.1. The Balaban J connectivity index is 1.44. The van der Waals surface area contributed by atoms with Crippen LogP contribution < -0.4 is 15.4 Å². The maximum Gasteiger partial charge on any atom is 0.261 e. The number of hydrogen-bond donors (Lipinski definition) is 2. The molecule has 3 aliphatic rings. The number of rotatable bonds is 3. The molecule has 1 fully saturated rings. The van der Waals surface area contributed by atoms with Gasteiger partial charge in [0, 0.05) is 53.3 Å². The van der Waals surface area contributed by atoms with Crippen molar-refractivity contribution in [1.29, 1.82) is 0 Å². The third-order valence-corrected chi connectivity index (χ3v) is 5.91. The van der Waals surface area contributed by atoms with E-state index in [1.54, 1.807) is 0 Å². The molecule has 2 aromatic rings. The molecule has 144 valence electrons. The smallest absolute Gasteiger partial charge is 0.261 e. The van der Waals surface area contributed by atoms with Crippen LogP contribution in [-0.2, 0) is 17.6 Å². The molecule has 1 amide bonds. The fourth-order valence-electron chi connectivity index (χ4n) is 4.33. The van der Waals surface area contributed by atoms with Crippen LogP contribution >= 0.6 is 11.6 Å². The van der Waals surface area contributed by atoms with Crippen LogP contribution in [0.1, 0.15) is 29.7 Å². The van der Waals surface area contributed by atoms with Crippen LogP contribution in [0.25, 0.3) is 17.2 Å². The number of allylic oxidation sites excluding steroid dienone is 1. The maximum atomic E-state index is 12.8. The van der Waals surface area contributed by atoms with Crippen LogP contribution in [0.3, 0.4) is 0 Å². The molecule has 2 aliphatic heterocycles. The monoisotopic (exact) mass is 395 g/mol. The normalized spacial score (nSPS) is 22.5. The number of carbonyl (C=O) groups excluding carboxylic acids is 1. The number of ether oxygens (including phenoxy) is 1. The van der Waals surface area contributed by atoms with Gasteiger partial charge < -0.3 is 15.4 Å². The summed E-state index contributed by atoms with van der Waals surface area (Å²) in [4.78, 5) is 17.2. The van der Waals surface area contributed by atoms with Crippen LogP contribution in [0.15, 0.2) is 30.5 Å². The number of piperidine rings is 1. The van der Waals surface area contributed by atoms with Crippen molar-refractivity contribution in [2.45, 2.75) is 37.8 Å². The molecule has 0 radical (unpaired) electrons. The molecule has 1 saturated heterocycles. The number of fused-ring (bicyclic) bond motifs is 2. The number of nitrogens with zero attached hydrogens (tertiary/aromatic N) is 1. The number of benzene rings is 1. The number of aromatic nitrogens is 1. The topological polar surface area (TPSA) is 63.2 Å². The van der Waals surface area contributed by atoms with E-state index in [4.69, 9.17) is 16.3 Å². The van der Waals surface area contributed by atoms with Gasteiger partial charge in [-0.1, -0.05) is 23.8 Å². The van der Waals surface area contributed by atoms with Gasteiger partial charge in [0.1, 0.15) is 5.75 Å². The van der Waals surface area contributed by atoms with Gasteiger partial charge in [0.15, 0.2) is 6.10 Å². The third kappa shape index (κ3) is 3.19. The van der Waals surface area contributed by atoms with Gasteiger partial charge in [-0.2, -0.15) is 0 Å². The van der Waals surface area contributed by atoms with Crippen LogP contribution in [-0.4, -0.2) is 36.1 Å². The summed E-state index contributed by atoms with van der Waals surface area (Å²) >= 11 is 6.41. The highest BCUT2D eigenvalue weighted by Crippen LogP contribution is 2.43. The Hall–Kier alpha value is -2.37. The van der Waals surface area contributed by atoms with Gasteiger partial charge in [0.2, 0.25) is 0 Å². The molecule has 1 aliphatic carbocycles. The van der Waals surface area contributed by atoms with Crippen molar-refractivity contribution in [2.24, 2.45) is 0 Å². The Kier molecular flexibility index (Phi) is 4.57. The fraction of sp³-hybridized carbons (Fsp3) is 0.364. The molecule has 2 atom stereocenters. The van der Waals surface area contributed by atoms with E-state index in [-0.39, 0.29) is 11.9 Å². The lowest BCUT2D eigenvalue weighted by Gasteiger charge is -2.25. The van der Waals surface area contributed by atoms with E-state index in [9.17, 15) is 4.79 Å².